The van der Waals surface area contributed by atoms with E-state index < -0.39 is 8.07 Å². The van der Waals surface area contributed by atoms with Crippen LogP contribution in [0.15, 0.2) is 24.3 Å². The van der Waals surface area contributed by atoms with Crippen LogP contribution in [0.3, 0.4) is 0 Å². The first-order valence-electron chi connectivity index (χ1n) is 6.53. The summed E-state index contributed by atoms with van der Waals surface area (Å²) in [5.41, 5.74) is 8.59. The molecule has 0 bridgehead atoms. The minimum atomic E-state index is -1.38. The Bertz CT molecular complexity index is 551. The summed E-state index contributed by atoms with van der Waals surface area (Å²) in [6.07, 6.45) is 0.524. The molecule has 19 heavy (non-hydrogen) atoms. The third kappa shape index (κ3) is 3.61. The number of hydrazine groups is 1. The van der Waals surface area contributed by atoms with Gasteiger partial charge in [-0.1, -0.05) is 37.7 Å². The number of anilines is 1. The van der Waals surface area contributed by atoms with Gasteiger partial charge in [0.1, 0.15) is 14.1 Å². The van der Waals surface area contributed by atoms with Gasteiger partial charge in [0.05, 0.1) is 12.1 Å². The lowest BCUT2D eigenvalue weighted by Crippen LogP contribution is -2.55. The Balaban J connectivity index is 2.06. The molecule has 0 aliphatic carbocycles. The largest absolute Gasteiger partial charge is 0.295 e. The van der Waals surface area contributed by atoms with Gasteiger partial charge in [-0.25, -0.2) is 5.01 Å². The number of amides is 1. The lowest BCUT2D eigenvalue weighted by molar-refractivity contribution is -0.140. The number of rotatable bonds is 2. The van der Waals surface area contributed by atoms with Crippen molar-refractivity contribution in [2.75, 3.05) is 5.43 Å². The maximum atomic E-state index is 11.7. The van der Waals surface area contributed by atoms with Gasteiger partial charge in [-0.3, -0.25) is 10.2 Å². The molecule has 0 radical (unpaired) electrons. The van der Waals surface area contributed by atoms with Crippen LogP contribution in [0.4, 0.5) is 5.69 Å². The molecular weight excluding hydrogens is 252 g/mol. The van der Waals surface area contributed by atoms with Crippen molar-refractivity contribution in [2.24, 2.45) is 0 Å². The van der Waals surface area contributed by atoms with Crippen LogP contribution in [0.1, 0.15) is 12.0 Å². The van der Waals surface area contributed by atoms with Gasteiger partial charge in [-0.2, -0.15) is 0 Å². The number of nitrogens with one attached hydrogen (secondary N) is 1. The summed E-state index contributed by atoms with van der Waals surface area (Å²) in [7, 11) is -1.38. The Kier molecular flexibility index (Phi) is 3.68. The molecule has 4 heteroatoms. The van der Waals surface area contributed by atoms with Crippen molar-refractivity contribution < 1.29 is 4.79 Å². The fraction of sp³-hybridized carbons (Fsp3) is 0.400. The fourth-order valence-corrected chi connectivity index (χ4v) is 2.43. The van der Waals surface area contributed by atoms with Crippen molar-refractivity contribution in [3.05, 3.63) is 29.8 Å². The normalized spacial score (nSPS) is 18.4. The van der Waals surface area contributed by atoms with Crippen LogP contribution in [0.5, 0.6) is 0 Å². The average molecular weight is 272 g/mol. The molecule has 1 amide bonds. The number of hydrogen-bond donors (Lipinski definition) is 1. The molecule has 1 saturated heterocycles. The van der Waals surface area contributed by atoms with Crippen LogP contribution in [0, 0.1) is 18.4 Å². The van der Waals surface area contributed by atoms with E-state index in [9.17, 15) is 4.79 Å². The summed E-state index contributed by atoms with van der Waals surface area (Å²) in [5.74, 6) is 3.34. The number of β-lactam (4-membered cyclic amide) rings is 1. The van der Waals surface area contributed by atoms with Crippen LogP contribution in [-0.4, -0.2) is 25.0 Å². The SMILES string of the molecule is Cc1cccc(NN2C(=O)CC2C#C[Si](C)(C)C)c1. The van der Waals surface area contributed by atoms with Crippen molar-refractivity contribution in [3.8, 4) is 11.5 Å². The maximum absolute atomic E-state index is 11.7. The molecule has 100 valence electrons. The number of aryl methyl sites for hydroxylation is 1. The molecule has 1 heterocycles. The Morgan fingerprint density at radius 1 is 1.37 bits per heavy atom. The highest BCUT2D eigenvalue weighted by molar-refractivity contribution is 6.83. The second kappa shape index (κ2) is 5.10. The van der Waals surface area contributed by atoms with Crippen LogP contribution in [0.2, 0.25) is 19.6 Å². The van der Waals surface area contributed by atoms with Crippen LogP contribution >= 0.6 is 0 Å². The van der Waals surface area contributed by atoms with Gasteiger partial charge in [0.15, 0.2) is 0 Å². The summed E-state index contributed by atoms with van der Waals surface area (Å²) in [6, 6.07) is 8.01. The van der Waals surface area contributed by atoms with E-state index in [1.165, 1.54) is 5.56 Å². The first-order valence-corrected chi connectivity index (χ1v) is 10.0. The van der Waals surface area contributed by atoms with Crippen molar-refractivity contribution in [1.82, 2.24) is 5.01 Å². The van der Waals surface area contributed by atoms with E-state index in [4.69, 9.17) is 0 Å². The second-order valence-electron chi connectivity index (χ2n) is 5.98. The van der Waals surface area contributed by atoms with E-state index in [0.717, 1.165) is 5.69 Å². The van der Waals surface area contributed by atoms with Gasteiger partial charge < -0.3 is 0 Å². The Labute approximate surface area is 116 Å². The molecule has 1 aliphatic rings. The van der Waals surface area contributed by atoms with Gasteiger partial charge in [0.2, 0.25) is 5.91 Å². The zero-order valence-electron chi connectivity index (χ0n) is 11.9. The Morgan fingerprint density at radius 2 is 2.11 bits per heavy atom. The molecule has 1 fully saturated rings. The third-order valence-electron chi connectivity index (χ3n) is 2.83. The van der Waals surface area contributed by atoms with Crippen LogP contribution in [0.25, 0.3) is 0 Å². The van der Waals surface area contributed by atoms with Gasteiger partial charge in [0.25, 0.3) is 0 Å². The number of benzene rings is 1. The summed E-state index contributed by atoms with van der Waals surface area (Å²) in [4.78, 5) is 11.7. The van der Waals surface area contributed by atoms with Gasteiger partial charge in [0, 0.05) is 0 Å². The molecule has 1 N–H and O–H groups in total. The van der Waals surface area contributed by atoms with Crippen molar-refractivity contribution in [2.45, 2.75) is 39.0 Å². The molecule has 0 aromatic heterocycles. The molecule has 1 atom stereocenters. The lowest BCUT2D eigenvalue weighted by atomic mass is 10.1. The highest BCUT2D eigenvalue weighted by Crippen LogP contribution is 2.21. The van der Waals surface area contributed by atoms with Crippen molar-refractivity contribution in [3.63, 3.8) is 0 Å². The van der Waals surface area contributed by atoms with E-state index >= 15 is 0 Å². The molecule has 3 nitrogen and oxygen atoms in total. The van der Waals surface area contributed by atoms with Gasteiger partial charge in [-0.05, 0) is 24.6 Å². The van der Waals surface area contributed by atoms with E-state index in [1.807, 2.05) is 31.2 Å². The van der Waals surface area contributed by atoms with E-state index in [1.54, 1.807) is 5.01 Å². The van der Waals surface area contributed by atoms with Crippen molar-refractivity contribution in [1.29, 1.82) is 0 Å². The minimum Gasteiger partial charge on any atom is -0.295 e. The number of carbonyl (C=O) groups is 1. The number of hydrogen-bond acceptors (Lipinski definition) is 2. The van der Waals surface area contributed by atoms with E-state index in [-0.39, 0.29) is 11.9 Å². The second-order valence-corrected chi connectivity index (χ2v) is 10.7. The molecule has 1 aromatic rings. The standard InChI is InChI=1S/C15H20N2OSi/c1-12-6-5-7-13(10-12)16-17-14(11-15(17)18)8-9-19(2,3)4/h5-7,10,14,16H,11H2,1-4H3. The predicted octanol–water partition coefficient (Wildman–Crippen LogP) is 2.80. The summed E-state index contributed by atoms with van der Waals surface area (Å²) >= 11 is 0. The smallest absolute Gasteiger partial charge is 0.245 e. The molecule has 1 aromatic carbocycles. The quantitative estimate of drug-likeness (QED) is 0.510. The third-order valence-corrected chi connectivity index (χ3v) is 3.72. The van der Waals surface area contributed by atoms with Crippen LogP contribution in [-0.2, 0) is 4.79 Å². The highest BCUT2D eigenvalue weighted by atomic mass is 28.3. The maximum Gasteiger partial charge on any atom is 0.245 e. The molecule has 0 spiro atoms. The van der Waals surface area contributed by atoms with Crippen LogP contribution < -0.4 is 5.43 Å². The first-order chi connectivity index (χ1) is 8.85. The number of nitrogens with zero attached hydrogens (tertiary/aromatic N) is 1. The first kappa shape index (κ1) is 13.7. The van der Waals surface area contributed by atoms with Gasteiger partial charge in [-0.15, -0.1) is 5.54 Å². The van der Waals surface area contributed by atoms with Gasteiger partial charge >= 0.3 is 0 Å². The Morgan fingerprint density at radius 3 is 2.68 bits per heavy atom. The summed E-state index contributed by atoms with van der Waals surface area (Å²) in [5, 5.41) is 1.64. The Hall–Kier alpha value is -1.73. The number of carbonyl (C=O) groups excluding carboxylic acids is 1. The predicted molar refractivity (Wildman–Crippen MR) is 81.2 cm³/mol. The fourth-order valence-electron chi connectivity index (χ4n) is 1.83. The molecule has 1 unspecified atom stereocenters. The molecule has 2 rings (SSSR count). The molecule has 0 saturated carbocycles. The lowest BCUT2D eigenvalue weighted by Gasteiger charge is -2.37. The zero-order chi connectivity index (χ0) is 14.0. The minimum absolute atomic E-state index is 0.0136. The van der Waals surface area contributed by atoms with E-state index in [0.29, 0.717) is 6.42 Å². The summed E-state index contributed by atoms with van der Waals surface area (Å²) < 4.78 is 0. The monoisotopic (exact) mass is 272 g/mol. The zero-order valence-corrected chi connectivity index (χ0v) is 12.9. The van der Waals surface area contributed by atoms with E-state index in [2.05, 4.69) is 36.5 Å². The average Bonchev–Trinajstić information content (AvgIpc) is 2.30. The highest BCUT2D eigenvalue weighted by Gasteiger charge is 2.35. The van der Waals surface area contributed by atoms with Crippen molar-refractivity contribution >= 4 is 19.7 Å². The summed E-state index contributed by atoms with van der Waals surface area (Å²) in [6.45, 7) is 8.65. The topological polar surface area (TPSA) is 32.3 Å². The molecule has 1 aliphatic heterocycles. The molecular formula is C15H20N2OSi.